The number of alkyl halides is 2. The number of ether oxygens (including phenoxy) is 1. The normalized spacial score (nSPS) is 10.4. The Labute approximate surface area is 92.6 Å². The first-order valence-corrected chi connectivity index (χ1v) is 4.67. The van der Waals surface area contributed by atoms with Crippen molar-refractivity contribution in [2.24, 2.45) is 0 Å². The predicted octanol–water partition coefficient (Wildman–Crippen LogP) is 2.41. The lowest BCUT2D eigenvalue weighted by Gasteiger charge is -2.05. The minimum atomic E-state index is -2.78. The third kappa shape index (κ3) is 2.37. The molecular weight excluding hydrogens is 307 g/mol. The number of hydrogen-bond donors (Lipinski definition) is 0. The van der Waals surface area contributed by atoms with Gasteiger partial charge in [-0.3, -0.25) is 0 Å². The number of pyridine rings is 1. The van der Waals surface area contributed by atoms with Crippen molar-refractivity contribution in [3.63, 3.8) is 0 Å². The lowest BCUT2D eigenvalue weighted by atomic mass is 10.2. The minimum Gasteiger partial charge on any atom is -0.465 e. The molecule has 6 heteroatoms. The molecule has 14 heavy (non-hydrogen) atoms. The second-order valence-corrected chi connectivity index (χ2v) is 3.46. The number of carbonyl (C=O) groups is 1. The van der Waals surface area contributed by atoms with E-state index in [1.165, 1.54) is 12.1 Å². The molecule has 0 saturated carbocycles. The van der Waals surface area contributed by atoms with E-state index in [0.717, 1.165) is 7.11 Å². The number of methoxy groups -OCH3 is 1. The molecule has 0 spiro atoms. The van der Waals surface area contributed by atoms with Crippen LogP contribution in [0.25, 0.3) is 0 Å². The molecule has 0 atom stereocenters. The monoisotopic (exact) mass is 313 g/mol. The van der Waals surface area contributed by atoms with Crippen LogP contribution < -0.4 is 0 Å². The summed E-state index contributed by atoms with van der Waals surface area (Å²) in [6, 6.07) is 2.75. The molecule has 0 fully saturated rings. The van der Waals surface area contributed by atoms with Gasteiger partial charge in [-0.25, -0.2) is 18.6 Å². The number of rotatable bonds is 2. The largest absolute Gasteiger partial charge is 0.465 e. The Morgan fingerprint density at radius 2 is 2.21 bits per heavy atom. The van der Waals surface area contributed by atoms with Gasteiger partial charge in [0.1, 0.15) is 9.39 Å². The van der Waals surface area contributed by atoms with Gasteiger partial charge in [-0.2, -0.15) is 0 Å². The molecule has 0 N–H and O–H groups in total. The van der Waals surface area contributed by atoms with Crippen LogP contribution in [0.15, 0.2) is 12.1 Å². The first kappa shape index (κ1) is 11.3. The number of hydrogen-bond acceptors (Lipinski definition) is 3. The van der Waals surface area contributed by atoms with Gasteiger partial charge in [-0.15, -0.1) is 0 Å². The summed E-state index contributed by atoms with van der Waals surface area (Å²) in [5.74, 6) is -0.802. The summed E-state index contributed by atoms with van der Waals surface area (Å²) >= 11 is 1.79. The van der Waals surface area contributed by atoms with Crippen LogP contribution in [0, 0.1) is 3.70 Å². The van der Waals surface area contributed by atoms with E-state index in [-0.39, 0.29) is 5.56 Å². The second-order valence-electron chi connectivity index (χ2n) is 2.36. The smallest absolute Gasteiger partial charge is 0.339 e. The first-order valence-electron chi connectivity index (χ1n) is 3.59. The van der Waals surface area contributed by atoms with Crippen molar-refractivity contribution in [1.82, 2.24) is 4.98 Å². The van der Waals surface area contributed by atoms with Crippen LogP contribution in [0.3, 0.4) is 0 Å². The molecule has 0 aliphatic carbocycles. The van der Waals surface area contributed by atoms with E-state index in [9.17, 15) is 13.6 Å². The third-order valence-electron chi connectivity index (χ3n) is 1.50. The summed E-state index contributed by atoms with van der Waals surface area (Å²) in [6.07, 6.45) is -2.78. The maximum absolute atomic E-state index is 12.4. The average molecular weight is 313 g/mol. The first-order chi connectivity index (χ1) is 6.56. The number of nitrogens with zero attached hydrogens (tertiary/aromatic N) is 1. The van der Waals surface area contributed by atoms with Crippen molar-refractivity contribution < 1.29 is 18.3 Å². The van der Waals surface area contributed by atoms with Crippen LogP contribution in [-0.2, 0) is 4.74 Å². The summed E-state index contributed by atoms with van der Waals surface area (Å²) in [6.45, 7) is 0. The van der Waals surface area contributed by atoms with E-state index in [0.29, 0.717) is 3.70 Å². The Morgan fingerprint density at radius 3 is 2.71 bits per heavy atom. The van der Waals surface area contributed by atoms with Crippen molar-refractivity contribution >= 4 is 28.6 Å². The number of halogens is 3. The third-order valence-corrected chi connectivity index (χ3v) is 2.10. The Bertz CT molecular complexity index is 357. The van der Waals surface area contributed by atoms with E-state index in [1.54, 1.807) is 22.6 Å². The molecular formula is C8H6F2INO2. The lowest BCUT2D eigenvalue weighted by Crippen LogP contribution is -2.08. The summed E-state index contributed by atoms with van der Waals surface area (Å²) in [4.78, 5) is 14.6. The highest BCUT2D eigenvalue weighted by molar-refractivity contribution is 14.1. The second kappa shape index (κ2) is 4.63. The van der Waals surface area contributed by atoms with Crippen molar-refractivity contribution in [3.05, 3.63) is 27.1 Å². The fourth-order valence-electron chi connectivity index (χ4n) is 0.899. The van der Waals surface area contributed by atoms with Crippen LogP contribution in [0.2, 0.25) is 0 Å². The Hall–Kier alpha value is -0.790. The van der Waals surface area contributed by atoms with E-state index >= 15 is 0 Å². The van der Waals surface area contributed by atoms with Crippen molar-refractivity contribution in [1.29, 1.82) is 0 Å². The van der Waals surface area contributed by atoms with Crippen LogP contribution >= 0.6 is 22.6 Å². The van der Waals surface area contributed by atoms with Crippen molar-refractivity contribution in [2.45, 2.75) is 6.43 Å². The van der Waals surface area contributed by atoms with E-state index in [1.807, 2.05) is 0 Å². The molecule has 0 bridgehead atoms. The zero-order valence-corrected chi connectivity index (χ0v) is 9.29. The van der Waals surface area contributed by atoms with Gasteiger partial charge in [0.05, 0.1) is 12.7 Å². The van der Waals surface area contributed by atoms with Gasteiger partial charge in [0.25, 0.3) is 6.43 Å². The minimum absolute atomic E-state index is 0.192. The van der Waals surface area contributed by atoms with Crippen LogP contribution in [-0.4, -0.2) is 18.1 Å². The molecule has 0 aromatic carbocycles. The van der Waals surface area contributed by atoms with Crippen LogP contribution in [0.5, 0.6) is 0 Å². The molecule has 0 amide bonds. The highest BCUT2D eigenvalue weighted by Crippen LogP contribution is 2.22. The summed E-state index contributed by atoms with van der Waals surface area (Å²) in [5, 5.41) is 0. The average Bonchev–Trinajstić information content (AvgIpc) is 2.16. The van der Waals surface area contributed by atoms with Gasteiger partial charge in [-0.05, 0) is 34.7 Å². The molecule has 76 valence electrons. The van der Waals surface area contributed by atoms with E-state index in [2.05, 4.69) is 9.72 Å². The molecule has 0 aliphatic rings. The molecule has 0 saturated heterocycles. The molecule has 1 aromatic heterocycles. The molecule has 0 unspecified atom stereocenters. The van der Waals surface area contributed by atoms with Gasteiger partial charge < -0.3 is 4.74 Å². The highest BCUT2D eigenvalue weighted by Gasteiger charge is 2.20. The van der Waals surface area contributed by atoms with Crippen LogP contribution in [0.1, 0.15) is 22.5 Å². The molecule has 1 rings (SSSR count). The number of esters is 1. The predicted molar refractivity (Wildman–Crippen MR) is 53.3 cm³/mol. The molecule has 0 aliphatic heterocycles. The Morgan fingerprint density at radius 1 is 1.57 bits per heavy atom. The van der Waals surface area contributed by atoms with Gasteiger partial charge in [0.2, 0.25) is 0 Å². The SMILES string of the molecule is COC(=O)c1ccc(I)nc1C(F)F. The van der Waals surface area contributed by atoms with Gasteiger partial charge >= 0.3 is 5.97 Å². The van der Waals surface area contributed by atoms with Crippen molar-refractivity contribution in [3.8, 4) is 0 Å². The molecule has 1 aromatic rings. The number of aromatic nitrogens is 1. The Kier molecular flexibility index (Phi) is 3.73. The van der Waals surface area contributed by atoms with Gasteiger partial charge in [0.15, 0.2) is 0 Å². The standard InChI is InChI=1S/C8H6F2INO2/c1-14-8(13)4-2-3-5(11)12-6(4)7(9)10/h2-3,7H,1H3. The maximum atomic E-state index is 12.4. The van der Waals surface area contributed by atoms with E-state index < -0.39 is 18.1 Å². The topological polar surface area (TPSA) is 39.2 Å². The maximum Gasteiger partial charge on any atom is 0.339 e. The fraction of sp³-hybridized carbons (Fsp3) is 0.250. The number of carbonyl (C=O) groups excluding carboxylic acids is 1. The molecule has 1 heterocycles. The van der Waals surface area contributed by atoms with Gasteiger partial charge in [-0.1, -0.05) is 0 Å². The lowest BCUT2D eigenvalue weighted by molar-refractivity contribution is 0.0587. The van der Waals surface area contributed by atoms with Crippen LogP contribution in [0.4, 0.5) is 8.78 Å². The summed E-state index contributed by atoms with van der Waals surface area (Å²) in [5.41, 5.74) is -0.730. The fourth-order valence-corrected chi connectivity index (χ4v) is 1.34. The summed E-state index contributed by atoms with van der Waals surface area (Å²) in [7, 11) is 1.13. The van der Waals surface area contributed by atoms with Crippen molar-refractivity contribution in [2.75, 3.05) is 7.11 Å². The molecule has 3 nitrogen and oxygen atoms in total. The Balaban J connectivity index is 3.21. The quantitative estimate of drug-likeness (QED) is 0.478. The van der Waals surface area contributed by atoms with Gasteiger partial charge in [0, 0.05) is 0 Å². The summed E-state index contributed by atoms with van der Waals surface area (Å²) < 4.78 is 29.6. The zero-order chi connectivity index (χ0) is 10.7. The van der Waals surface area contributed by atoms with E-state index in [4.69, 9.17) is 0 Å². The highest BCUT2D eigenvalue weighted by atomic mass is 127. The molecule has 0 radical (unpaired) electrons. The zero-order valence-electron chi connectivity index (χ0n) is 7.13.